The molecule has 0 bridgehead atoms. The van der Waals surface area contributed by atoms with Crippen LogP contribution in [-0.4, -0.2) is 35.3 Å². The van der Waals surface area contributed by atoms with Crippen LogP contribution < -0.4 is 10.2 Å². The Morgan fingerprint density at radius 2 is 2.26 bits per heavy atom. The Bertz CT molecular complexity index is 784. The van der Waals surface area contributed by atoms with Gasteiger partial charge in [-0.1, -0.05) is 6.92 Å². The van der Waals surface area contributed by atoms with E-state index in [1.165, 1.54) is 0 Å². The molecule has 1 saturated heterocycles. The van der Waals surface area contributed by atoms with E-state index in [1.54, 1.807) is 12.3 Å². The smallest absolute Gasteiger partial charge is 0.404 e. The maximum Gasteiger partial charge on any atom is 0.404 e. The molecule has 3 rings (SSSR count). The number of aromatic nitrogens is 1. The van der Waals surface area contributed by atoms with Crippen LogP contribution in [0.4, 0.5) is 10.5 Å². The minimum absolute atomic E-state index is 0.0985. The van der Waals surface area contributed by atoms with Gasteiger partial charge in [0.25, 0.3) is 0 Å². The van der Waals surface area contributed by atoms with Gasteiger partial charge in [-0.2, -0.15) is 5.26 Å². The third kappa shape index (κ3) is 3.04. The third-order valence-electron chi connectivity index (χ3n) is 4.20. The maximum absolute atomic E-state index is 10.9. The first kappa shape index (κ1) is 15.1. The van der Waals surface area contributed by atoms with E-state index in [0.29, 0.717) is 23.5 Å². The second-order valence-corrected chi connectivity index (χ2v) is 6.04. The predicted octanol–water partition coefficient (Wildman–Crippen LogP) is 2.59. The van der Waals surface area contributed by atoms with Gasteiger partial charge in [0, 0.05) is 36.4 Å². The average molecular weight is 310 g/mol. The van der Waals surface area contributed by atoms with Gasteiger partial charge in [0.1, 0.15) is 6.07 Å². The largest absolute Gasteiger partial charge is 0.465 e. The van der Waals surface area contributed by atoms with E-state index in [-0.39, 0.29) is 6.04 Å². The fraction of sp³-hybridized carbons (Fsp3) is 0.353. The van der Waals surface area contributed by atoms with Crippen LogP contribution in [-0.2, 0) is 0 Å². The minimum Gasteiger partial charge on any atom is -0.465 e. The number of carbonyl (C=O) groups is 1. The van der Waals surface area contributed by atoms with Gasteiger partial charge in [-0.05, 0) is 36.6 Å². The molecule has 118 valence electrons. The topological polar surface area (TPSA) is 89.2 Å². The second kappa shape index (κ2) is 6.13. The molecule has 0 radical (unpaired) electrons. The fourth-order valence-electron chi connectivity index (χ4n) is 3.35. The lowest BCUT2D eigenvalue weighted by atomic mass is 9.94. The Morgan fingerprint density at radius 3 is 3.00 bits per heavy atom. The molecule has 2 atom stereocenters. The Balaban J connectivity index is 1.99. The molecule has 1 aromatic heterocycles. The normalized spacial score (nSPS) is 21.0. The molecule has 0 aliphatic carbocycles. The van der Waals surface area contributed by atoms with E-state index >= 15 is 0 Å². The number of carboxylic acid groups (broad SMARTS) is 1. The molecule has 6 heteroatoms. The lowest BCUT2D eigenvalue weighted by Gasteiger charge is -2.38. The molecule has 0 saturated carbocycles. The first-order valence-electron chi connectivity index (χ1n) is 7.60. The summed E-state index contributed by atoms with van der Waals surface area (Å²) in [5.41, 5.74) is 2.24. The molecule has 1 aliphatic heterocycles. The molecule has 1 amide bonds. The average Bonchev–Trinajstić information content (AvgIpc) is 2.52. The predicted molar refractivity (Wildman–Crippen MR) is 87.4 cm³/mol. The summed E-state index contributed by atoms with van der Waals surface area (Å²) in [5, 5.41) is 21.7. The van der Waals surface area contributed by atoms with Crippen molar-refractivity contribution in [2.24, 2.45) is 5.92 Å². The van der Waals surface area contributed by atoms with Crippen molar-refractivity contribution >= 4 is 22.7 Å². The Morgan fingerprint density at radius 1 is 1.43 bits per heavy atom. The highest BCUT2D eigenvalue weighted by Crippen LogP contribution is 2.31. The summed E-state index contributed by atoms with van der Waals surface area (Å²) >= 11 is 0. The molecule has 1 aliphatic rings. The molecule has 23 heavy (non-hydrogen) atoms. The monoisotopic (exact) mass is 310 g/mol. The Kier molecular flexibility index (Phi) is 4.02. The highest BCUT2D eigenvalue weighted by Gasteiger charge is 2.27. The molecular weight excluding hydrogens is 292 g/mol. The van der Waals surface area contributed by atoms with Crippen molar-refractivity contribution in [1.29, 1.82) is 5.26 Å². The number of fused-ring (bicyclic) bond motifs is 1. The highest BCUT2D eigenvalue weighted by molar-refractivity contribution is 5.95. The molecule has 1 aromatic carbocycles. The maximum atomic E-state index is 10.9. The zero-order valence-corrected chi connectivity index (χ0v) is 12.9. The summed E-state index contributed by atoms with van der Waals surface area (Å²) in [5.74, 6) is 0.378. The number of anilines is 1. The van der Waals surface area contributed by atoms with E-state index in [2.05, 4.69) is 28.2 Å². The number of hydrogen-bond acceptors (Lipinski definition) is 4. The van der Waals surface area contributed by atoms with Crippen LogP contribution in [0.1, 0.15) is 18.9 Å². The van der Waals surface area contributed by atoms with Crippen LogP contribution in [0.15, 0.2) is 30.5 Å². The zero-order chi connectivity index (χ0) is 16.4. The lowest BCUT2D eigenvalue weighted by Crippen LogP contribution is -2.50. The summed E-state index contributed by atoms with van der Waals surface area (Å²) in [4.78, 5) is 17.5. The van der Waals surface area contributed by atoms with Crippen LogP contribution in [0.5, 0.6) is 0 Å². The number of pyridine rings is 1. The van der Waals surface area contributed by atoms with Crippen LogP contribution in [0.25, 0.3) is 10.9 Å². The number of rotatable bonds is 2. The molecule has 2 heterocycles. The summed E-state index contributed by atoms with van der Waals surface area (Å²) in [6.07, 6.45) is 1.52. The Hall–Kier alpha value is -2.81. The molecule has 6 nitrogen and oxygen atoms in total. The third-order valence-corrected chi connectivity index (χ3v) is 4.20. The van der Waals surface area contributed by atoms with Gasteiger partial charge in [0.15, 0.2) is 0 Å². The van der Waals surface area contributed by atoms with E-state index in [1.807, 2.05) is 18.2 Å². The molecule has 2 aromatic rings. The van der Waals surface area contributed by atoms with Crippen molar-refractivity contribution in [2.75, 3.05) is 18.0 Å². The van der Waals surface area contributed by atoms with Gasteiger partial charge in [-0.3, -0.25) is 4.98 Å². The fourth-order valence-corrected chi connectivity index (χ4v) is 3.35. The van der Waals surface area contributed by atoms with E-state index in [9.17, 15) is 10.1 Å². The Labute approximate surface area is 134 Å². The van der Waals surface area contributed by atoms with Crippen molar-refractivity contribution in [2.45, 2.75) is 19.4 Å². The van der Waals surface area contributed by atoms with Crippen molar-refractivity contribution < 1.29 is 9.90 Å². The molecule has 0 unspecified atom stereocenters. The number of nitriles is 1. The van der Waals surface area contributed by atoms with Crippen LogP contribution in [0.2, 0.25) is 0 Å². The molecular formula is C17H18N4O2. The lowest BCUT2D eigenvalue weighted by molar-refractivity contribution is 0.186. The number of amides is 1. The van der Waals surface area contributed by atoms with Crippen molar-refractivity contribution in [3.05, 3.63) is 36.0 Å². The van der Waals surface area contributed by atoms with Gasteiger partial charge in [0.2, 0.25) is 0 Å². The van der Waals surface area contributed by atoms with Crippen LogP contribution in [0.3, 0.4) is 0 Å². The highest BCUT2D eigenvalue weighted by atomic mass is 16.4. The standard InChI is InChI=1S/C17H18N4O2/c1-11-7-13(20-17(22)23)10-21(9-11)15-5-4-12(8-18)16-14(15)3-2-6-19-16/h2-6,11,13,20H,7,9-10H2,1H3,(H,22,23)/t11-,13+/m0/s1. The number of piperidine rings is 1. The van der Waals surface area contributed by atoms with E-state index in [0.717, 1.165) is 24.0 Å². The first-order chi connectivity index (χ1) is 11.1. The second-order valence-electron chi connectivity index (χ2n) is 6.04. The summed E-state index contributed by atoms with van der Waals surface area (Å²) in [7, 11) is 0. The zero-order valence-electron chi connectivity index (χ0n) is 12.9. The molecule has 2 N–H and O–H groups in total. The first-order valence-corrected chi connectivity index (χ1v) is 7.60. The number of hydrogen-bond donors (Lipinski definition) is 2. The van der Waals surface area contributed by atoms with Crippen molar-refractivity contribution in [1.82, 2.24) is 10.3 Å². The quantitative estimate of drug-likeness (QED) is 0.890. The van der Waals surface area contributed by atoms with Gasteiger partial charge < -0.3 is 15.3 Å². The van der Waals surface area contributed by atoms with Crippen LogP contribution in [0, 0.1) is 17.2 Å². The van der Waals surface area contributed by atoms with Crippen LogP contribution >= 0.6 is 0 Å². The van der Waals surface area contributed by atoms with Crippen molar-refractivity contribution in [3.8, 4) is 6.07 Å². The van der Waals surface area contributed by atoms with E-state index in [4.69, 9.17) is 5.11 Å². The summed E-state index contributed by atoms with van der Waals surface area (Å²) in [6, 6.07) is 9.59. The van der Waals surface area contributed by atoms with Crippen molar-refractivity contribution in [3.63, 3.8) is 0 Å². The summed E-state index contributed by atoms with van der Waals surface area (Å²) in [6.45, 7) is 3.59. The molecule has 0 spiro atoms. The number of nitrogens with zero attached hydrogens (tertiary/aromatic N) is 3. The SMILES string of the molecule is C[C@H]1C[C@@H](NC(=O)O)CN(c2ccc(C#N)c3ncccc23)C1. The van der Waals surface area contributed by atoms with Gasteiger partial charge in [-0.15, -0.1) is 0 Å². The molecule has 1 fully saturated rings. The minimum atomic E-state index is -0.990. The van der Waals surface area contributed by atoms with Gasteiger partial charge in [-0.25, -0.2) is 4.79 Å². The number of benzene rings is 1. The van der Waals surface area contributed by atoms with Gasteiger partial charge in [0.05, 0.1) is 11.1 Å². The summed E-state index contributed by atoms with van der Waals surface area (Å²) < 4.78 is 0. The van der Waals surface area contributed by atoms with Gasteiger partial charge >= 0.3 is 6.09 Å². The number of nitrogens with one attached hydrogen (secondary N) is 1. The van der Waals surface area contributed by atoms with E-state index < -0.39 is 6.09 Å².